The van der Waals surface area contributed by atoms with Crippen molar-refractivity contribution in [1.29, 1.82) is 0 Å². The van der Waals surface area contributed by atoms with Crippen molar-refractivity contribution < 1.29 is 5.11 Å². The average molecular weight is 201 g/mol. The molecule has 4 heteroatoms. The minimum Gasteiger partial charge on any atom is -0.506 e. The molecule has 0 aliphatic heterocycles. The van der Waals surface area contributed by atoms with Gasteiger partial charge in [-0.3, -0.25) is 9.97 Å². The van der Waals surface area contributed by atoms with Gasteiger partial charge in [-0.1, -0.05) is 0 Å². The van der Waals surface area contributed by atoms with Crippen LogP contribution in [0.5, 0.6) is 5.75 Å². The molecule has 0 saturated carbocycles. The minimum atomic E-state index is 0.135. The molecule has 3 N–H and O–H groups in total. The standard InChI is InChI=1S/C11H11N3O/c12-6-9-5-10(14-7-11(9)15)8-1-3-13-4-2-8/h1-5,7,15H,6,12H2. The lowest BCUT2D eigenvalue weighted by molar-refractivity contribution is 0.466. The number of aromatic nitrogens is 2. The van der Waals surface area contributed by atoms with Crippen LogP contribution in [-0.4, -0.2) is 15.1 Å². The lowest BCUT2D eigenvalue weighted by Crippen LogP contribution is -1.98. The first-order valence-electron chi connectivity index (χ1n) is 4.59. The second kappa shape index (κ2) is 4.06. The summed E-state index contributed by atoms with van der Waals surface area (Å²) in [6.07, 6.45) is 4.82. The summed E-state index contributed by atoms with van der Waals surface area (Å²) in [7, 11) is 0. The van der Waals surface area contributed by atoms with Crippen LogP contribution in [0.3, 0.4) is 0 Å². The first-order chi connectivity index (χ1) is 7.31. The largest absolute Gasteiger partial charge is 0.506 e. The van der Waals surface area contributed by atoms with Crippen molar-refractivity contribution in [3.05, 3.63) is 42.4 Å². The smallest absolute Gasteiger partial charge is 0.138 e. The molecule has 2 rings (SSSR count). The summed E-state index contributed by atoms with van der Waals surface area (Å²) in [6, 6.07) is 5.50. The van der Waals surface area contributed by atoms with Crippen LogP contribution in [0.15, 0.2) is 36.8 Å². The van der Waals surface area contributed by atoms with Gasteiger partial charge in [0.2, 0.25) is 0 Å². The molecule has 0 aliphatic carbocycles. The topological polar surface area (TPSA) is 72.0 Å². The van der Waals surface area contributed by atoms with Crippen LogP contribution in [0.4, 0.5) is 0 Å². The van der Waals surface area contributed by atoms with E-state index < -0.39 is 0 Å². The average Bonchev–Trinajstić information content (AvgIpc) is 2.31. The van der Waals surface area contributed by atoms with Crippen LogP contribution >= 0.6 is 0 Å². The molecular formula is C11H11N3O. The van der Waals surface area contributed by atoms with Gasteiger partial charge in [-0.25, -0.2) is 0 Å². The van der Waals surface area contributed by atoms with Crippen LogP contribution in [0.2, 0.25) is 0 Å². The highest BCUT2D eigenvalue weighted by molar-refractivity contribution is 5.60. The van der Waals surface area contributed by atoms with Crippen LogP contribution in [0, 0.1) is 0 Å². The second-order valence-electron chi connectivity index (χ2n) is 3.14. The first kappa shape index (κ1) is 9.61. The van der Waals surface area contributed by atoms with Gasteiger partial charge in [-0.05, 0) is 18.2 Å². The SMILES string of the molecule is NCc1cc(-c2ccncc2)ncc1O. The van der Waals surface area contributed by atoms with Crippen molar-refractivity contribution in [1.82, 2.24) is 9.97 Å². The summed E-state index contributed by atoms with van der Waals surface area (Å²) in [6.45, 7) is 0.298. The molecule has 0 atom stereocenters. The molecule has 0 bridgehead atoms. The Labute approximate surface area is 87.4 Å². The van der Waals surface area contributed by atoms with Crippen molar-refractivity contribution in [2.45, 2.75) is 6.54 Å². The molecule has 2 heterocycles. The summed E-state index contributed by atoms with van der Waals surface area (Å²) in [5.41, 5.74) is 7.93. The van der Waals surface area contributed by atoms with E-state index in [0.29, 0.717) is 12.1 Å². The number of aromatic hydroxyl groups is 1. The van der Waals surface area contributed by atoms with Crippen molar-refractivity contribution in [3.63, 3.8) is 0 Å². The van der Waals surface area contributed by atoms with Gasteiger partial charge in [0.25, 0.3) is 0 Å². The Hall–Kier alpha value is -1.94. The van der Waals surface area contributed by atoms with Gasteiger partial charge in [0.05, 0.1) is 11.9 Å². The maximum Gasteiger partial charge on any atom is 0.138 e. The third-order valence-electron chi connectivity index (χ3n) is 2.16. The zero-order chi connectivity index (χ0) is 10.7. The van der Waals surface area contributed by atoms with Crippen LogP contribution in [0.1, 0.15) is 5.56 Å². The third-order valence-corrected chi connectivity index (χ3v) is 2.16. The monoisotopic (exact) mass is 201 g/mol. The quantitative estimate of drug-likeness (QED) is 0.768. The number of nitrogens with two attached hydrogens (primary N) is 1. The Bertz CT molecular complexity index is 457. The van der Waals surface area contributed by atoms with Crippen molar-refractivity contribution >= 4 is 0 Å². The zero-order valence-electron chi connectivity index (χ0n) is 8.09. The van der Waals surface area contributed by atoms with Gasteiger partial charge in [0.15, 0.2) is 0 Å². The summed E-state index contributed by atoms with van der Waals surface area (Å²) >= 11 is 0. The van der Waals surface area contributed by atoms with Gasteiger partial charge >= 0.3 is 0 Å². The molecule has 0 saturated heterocycles. The Kier molecular flexibility index (Phi) is 2.60. The van der Waals surface area contributed by atoms with E-state index in [-0.39, 0.29) is 5.75 Å². The predicted molar refractivity (Wildman–Crippen MR) is 57.0 cm³/mol. The summed E-state index contributed by atoms with van der Waals surface area (Å²) in [4.78, 5) is 8.05. The highest BCUT2D eigenvalue weighted by Crippen LogP contribution is 2.22. The lowest BCUT2D eigenvalue weighted by Gasteiger charge is -2.04. The molecule has 0 spiro atoms. The molecule has 2 aromatic rings. The van der Waals surface area contributed by atoms with E-state index in [2.05, 4.69) is 9.97 Å². The van der Waals surface area contributed by atoms with Gasteiger partial charge in [0, 0.05) is 30.1 Å². The molecule has 0 aliphatic rings. The van der Waals surface area contributed by atoms with Crippen LogP contribution in [-0.2, 0) is 6.54 Å². The summed E-state index contributed by atoms with van der Waals surface area (Å²) in [5, 5.41) is 9.43. The molecule has 0 aromatic carbocycles. The van der Waals surface area contributed by atoms with Gasteiger partial charge < -0.3 is 10.8 Å². The Morgan fingerprint density at radius 1 is 1.27 bits per heavy atom. The van der Waals surface area contributed by atoms with E-state index in [9.17, 15) is 5.11 Å². The third kappa shape index (κ3) is 1.94. The van der Waals surface area contributed by atoms with E-state index in [1.54, 1.807) is 18.5 Å². The van der Waals surface area contributed by atoms with Gasteiger partial charge in [-0.15, -0.1) is 0 Å². The Morgan fingerprint density at radius 2 is 2.00 bits per heavy atom. The summed E-state index contributed by atoms with van der Waals surface area (Å²) in [5.74, 6) is 0.135. The number of hydrogen-bond donors (Lipinski definition) is 2. The second-order valence-corrected chi connectivity index (χ2v) is 3.14. The van der Waals surface area contributed by atoms with Crippen molar-refractivity contribution in [2.24, 2.45) is 5.73 Å². The fourth-order valence-electron chi connectivity index (χ4n) is 1.33. The summed E-state index contributed by atoms with van der Waals surface area (Å²) < 4.78 is 0. The molecule has 76 valence electrons. The highest BCUT2D eigenvalue weighted by atomic mass is 16.3. The van der Waals surface area contributed by atoms with E-state index in [1.165, 1.54) is 6.20 Å². The fourth-order valence-corrected chi connectivity index (χ4v) is 1.33. The molecule has 15 heavy (non-hydrogen) atoms. The molecule has 4 nitrogen and oxygen atoms in total. The molecule has 0 fully saturated rings. The number of nitrogens with zero attached hydrogens (tertiary/aromatic N) is 2. The lowest BCUT2D eigenvalue weighted by atomic mass is 10.1. The number of hydrogen-bond acceptors (Lipinski definition) is 4. The fraction of sp³-hybridized carbons (Fsp3) is 0.0909. The van der Waals surface area contributed by atoms with E-state index in [4.69, 9.17) is 5.73 Å². The van der Waals surface area contributed by atoms with Gasteiger partial charge in [-0.2, -0.15) is 0 Å². The van der Waals surface area contributed by atoms with E-state index >= 15 is 0 Å². The minimum absolute atomic E-state index is 0.135. The molecule has 0 amide bonds. The zero-order valence-corrected chi connectivity index (χ0v) is 8.09. The first-order valence-corrected chi connectivity index (χ1v) is 4.59. The molecule has 0 radical (unpaired) electrons. The van der Waals surface area contributed by atoms with Gasteiger partial charge in [0.1, 0.15) is 5.75 Å². The normalized spacial score (nSPS) is 10.2. The number of pyridine rings is 2. The Morgan fingerprint density at radius 3 is 2.67 bits per heavy atom. The van der Waals surface area contributed by atoms with Crippen LogP contribution in [0.25, 0.3) is 11.3 Å². The molecular weight excluding hydrogens is 190 g/mol. The van der Waals surface area contributed by atoms with Crippen molar-refractivity contribution in [3.8, 4) is 17.0 Å². The van der Waals surface area contributed by atoms with Crippen molar-refractivity contribution in [2.75, 3.05) is 0 Å². The van der Waals surface area contributed by atoms with E-state index in [0.717, 1.165) is 11.3 Å². The Balaban J connectivity index is 2.46. The van der Waals surface area contributed by atoms with E-state index in [1.807, 2.05) is 12.1 Å². The maximum atomic E-state index is 9.43. The molecule has 2 aromatic heterocycles. The van der Waals surface area contributed by atoms with Crippen LogP contribution < -0.4 is 5.73 Å². The highest BCUT2D eigenvalue weighted by Gasteiger charge is 2.03. The number of rotatable bonds is 2. The molecule has 0 unspecified atom stereocenters. The maximum absolute atomic E-state index is 9.43. The predicted octanol–water partition coefficient (Wildman–Crippen LogP) is 1.31.